The van der Waals surface area contributed by atoms with Crippen LogP contribution in [-0.4, -0.2) is 10.9 Å². The first-order chi connectivity index (χ1) is 8.59. The lowest BCUT2D eigenvalue weighted by Crippen LogP contribution is -2.16. The van der Waals surface area contributed by atoms with Crippen LogP contribution in [0.2, 0.25) is 0 Å². The van der Waals surface area contributed by atoms with Crippen molar-refractivity contribution in [2.24, 2.45) is 0 Å². The number of anilines is 2. The molecule has 0 bridgehead atoms. The summed E-state index contributed by atoms with van der Waals surface area (Å²) in [4.78, 5) is 16.3. The molecular weight excluding hydrogens is 226 g/mol. The van der Waals surface area contributed by atoms with Crippen molar-refractivity contribution in [2.75, 3.05) is 11.1 Å². The summed E-state index contributed by atoms with van der Waals surface area (Å²) >= 11 is 0. The number of rotatable bonds is 2. The number of nitrogens with two attached hydrogens (primary N) is 1. The Balaban J connectivity index is 2.31. The van der Waals surface area contributed by atoms with E-state index in [1.54, 1.807) is 18.3 Å². The van der Waals surface area contributed by atoms with Gasteiger partial charge < -0.3 is 11.1 Å². The van der Waals surface area contributed by atoms with E-state index in [1.165, 1.54) is 0 Å². The van der Waals surface area contributed by atoms with Crippen molar-refractivity contribution in [3.8, 4) is 0 Å². The van der Waals surface area contributed by atoms with Crippen LogP contribution in [0.1, 0.15) is 21.6 Å². The van der Waals surface area contributed by atoms with Crippen molar-refractivity contribution in [2.45, 2.75) is 13.8 Å². The fourth-order valence-electron chi connectivity index (χ4n) is 1.80. The normalized spacial score (nSPS) is 10.1. The molecule has 0 aliphatic carbocycles. The van der Waals surface area contributed by atoms with Gasteiger partial charge in [-0.3, -0.25) is 9.78 Å². The standard InChI is InChI=1S/C14H15N3O/c1-9-5-3-6-11(15)13(9)14(18)17-12-7-4-8-16-10(12)2/h3-8H,15H2,1-2H3,(H,17,18). The van der Waals surface area contributed by atoms with Crippen LogP contribution in [0.5, 0.6) is 0 Å². The summed E-state index contributed by atoms with van der Waals surface area (Å²) in [5, 5.41) is 2.83. The third-order valence-electron chi connectivity index (χ3n) is 2.79. The van der Waals surface area contributed by atoms with Gasteiger partial charge in [0.1, 0.15) is 0 Å². The van der Waals surface area contributed by atoms with Gasteiger partial charge in [0.2, 0.25) is 0 Å². The SMILES string of the molecule is Cc1cccc(N)c1C(=O)Nc1cccnc1C. The van der Waals surface area contributed by atoms with Gasteiger partial charge in [-0.15, -0.1) is 0 Å². The Hall–Kier alpha value is -2.36. The van der Waals surface area contributed by atoms with E-state index in [-0.39, 0.29) is 5.91 Å². The topological polar surface area (TPSA) is 68.0 Å². The molecule has 0 saturated carbocycles. The average Bonchev–Trinajstić information content (AvgIpc) is 2.32. The number of nitrogen functional groups attached to an aromatic ring is 1. The maximum atomic E-state index is 12.2. The van der Waals surface area contributed by atoms with Crippen molar-refractivity contribution in [3.05, 3.63) is 53.3 Å². The van der Waals surface area contributed by atoms with Gasteiger partial charge in [-0.1, -0.05) is 12.1 Å². The van der Waals surface area contributed by atoms with Crippen LogP contribution in [0.3, 0.4) is 0 Å². The molecule has 2 aromatic rings. The van der Waals surface area contributed by atoms with E-state index in [0.29, 0.717) is 16.9 Å². The average molecular weight is 241 g/mol. The highest BCUT2D eigenvalue weighted by Gasteiger charge is 2.13. The van der Waals surface area contributed by atoms with Crippen LogP contribution in [0, 0.1) is 13.8 Å². The van der Waals surface area contributed by atoms with Crippen LogP contribution in [0.4, 0.5) is 11.4 Å². The van der Waals surface area contributed by atoms with Crippen molar-refractivity contribution >= 4 is 17.3 Å². The molecule has 1 amide bonds. The number of nitrogens with zero attached hydrogens (tertiary/aromatic N) is 1. The van der Waals surface area contributed by atoms with Crippen molar-refractivity contribution in [1.82, 2.24) is 4.98 Å². The van der Waals surface area contributed by atoms with Crippen LogP contribution in [0.15, 0.2) is 36.5 Å². The predicted molar refractivity (Wildman–Crippen MR) is 72.5 cm³/mol. The first kappa shape index (κ1) is 12.1. The Morgan fingerprint density at radius 3 is 2.67 bits per heavy atom. The summed E-state index contributed by atoms with van der Waals surface area (Å²) in [6.07, 6.45) is 1.69. The van der Waals surface area contributed by atoms with E-state index in [0.717, 1.165) is 11.3 Å². The van der Waals surface area contributed by atoms with E-state index >= 15 is 0 Å². The van der Waals surface area contributed by atoms with Crippen molar-refractivity contribution < 1.29 is 4.79 Å². The quantitative estimate of drug-likeness (QED) is 0.794. The molecule has 0 aliphatic heterocycles. The van der Waals surface area contributed by atoms with Gasteiger partial charge in [-0.05, 0) is 37.6 Å². The zero-order chi connectivity index (χ0) is 13.1. The highest BCUT2D eigenvalue weighted by Crippen LogP contribution is 2.19. The molecule has 0 atom stereocenters. The molecule has 3 N–H and O–H groups in total. The second-order valence-electron chi connectivity index (χ2n) is 4.13. The summed E-state index contributed by atoms with van der Waals surface area (Å²) in [7, 11) is 0. The monoisotopic (exact) mass is 241 g/mol. The van der Waals surface area contributed by atoms with E-state index in [9.17, 15) is 4.79 Å². The summed E-state index contributed by atoms with van der Waals surface area (Å²) < 4.78 is 0. The number of aromatic nitrogens is 1. The second kappa shape index (κ2) is 4.87. The summed E-state index contributed by atoms with van der Waals surface area (Å²) in [5.74, 6) is -0.207. The molecule has 0 fully saturated rings. The number of carbonyl (C=O) groups is 1. The molecule has 1 aromatic carbocycles. The minimum atomic E-state index is -0.207. The van der Waals surface area contributed by atoms with Gasteiger partial charge >= 0.3 is 0 Å². The van der Waals surface area contributed by atoms with E-state index < -0.39 is 0 Å². The Kier molecular flexibility index (Phi) is 3.28. The fraction of sp³-hybridized carbons (Fsp3) is 0.143. The zero-order valence-electron chi connectivity index (χ0n) is 10.4. The molecule has 0 saturated heterocycles. The largest absolute Gasteiger partial charge is 0.398 e. The van der Waals surface area contributed by atoms with Gasteiger partial charge in [0.25, 0.3) is 5.91 Å². The molecule has 0 spiro atoms. The van der Waals surface area contributed by atoms with E-state index in [1.807, 2.05) is 32.0 Å². The molecule has 0 radical (unpaired) electrons. The zero-order valence-corrected chi connectivity index (χ0v) is 10.4. The smallest absolute Gasteiger partial charge is 0.258 e. The number of hydrogen-bond donors (Lipinski definition) is 2. The third kappa shape index (κ3) is 2.32. The number of pyridine rings is 1. The fourth-order valence-corrected chi connectivity index (χ4v) is 1.80. The molecule has 0 unspecified atom stereocenters. The number of aryl methyl sites for hydroxylation is 2. The van der Waals surface area contributed by atoms with E-state index in [4.69, 9.17) is 5.73 Å². The highest BCUT2D eigenvalue weighted by atomic mass is 16.1. The third-order valence-corrected chi connectivity index (χ3v) is 2.79. The Morgan fingerprint density at radius 2 is 2.00 bits per heavy atom. The number of carbonyl (C=O) groups excluding carboxylic acids is 1. The van der Waals surface area contributed by atoms with Gasteiger partial charge in [-0.2, -0.15) is 0 Å². The minimum absolute atomic E-state index is 0.207. The van der Waals surface area contributed by atoms with Gasteiger partial charge in [0.15, 0.2) is 0 Å². The molecule has 4 nitrogen and oxygen atoms in total. The summed E-state index contributed by atoms with van der Waals surface area (Å²) in [6.45, 7) is 3.71. The Bertz CT molecular complexity index is 573. The molecule has 1 aromatic heterocycles. The maximum Gasteiger partial charge on any atom is 0.258 e. The summed E-state index contributed by atoms with van der Waals surface area (Å²) in [5.41, 5.74) is 9.16. The lowest BCUT2D eigenvalue weighted by Gasteiger charge is -2.11. The van der Waals surface area contributed by atoms with Crippen molar-refractivity contribution in [1.29, 1.82) is 0 Å². The first-order valence-corrected chi connectivity index (χ1v) is 5.67. The van der Waals surface area contributed by atoms with Gasteiger partial charge in [-0.25, -0.2) is 0 Å². The highest BCUT2D eigenvalue weighted by molar-refractivity contribution is 6.08. The molecule has 4 heteroatoms. The number of hydrogen-bond acceptors (Lipinski definition) is 3. The molecule has 92 valence electrons. The van der Waals surface area contributed by atoms with Gasteiger partial charge in [0.05, 0.1) is 16.9 Å². The molecule has 1 heterocycles. The maximum absolute atomic E-state index is 12.2. The minimum Gasteiger partial charge on any atom is -0.398 e. The van der Waals surface area contributed by atoms with Gasteiger partial charge in [0, 0.05) is 11.9 Å². The van der Waals surface area contributed by atoms with Crippen molar-refractivity contribution in [3.63, 3.8) is 0 Å². The predicted octanol–water partition coefficient (Wildman–Crippen LogP) is 2.53. The lowest BCUT2D eigenvalue weighted by molar-refractivity contribution is 0.102. The molecule has 18 heavy (non-hydrogen) atoms. The molecule has 0 aliphatic rings. The van der Waals surface area contributed by atoms with E-state index in [2.05, 4.69) is 10.3 Å². The number of nitrogens with one attached hydrogen (secondary N) is 1. The number of amides is 1. The van der Waals surface area contributed by atoms with Crippen LogP contribution in [0.25, 0.3) is 0 Å². The summed E-state index contributed by atoms with van der Waals surface area (Å²) in [6, 6.07) is 9.01. The number of benzene rings is 1. The molecule has 2 rings (SSSR count). The Labute approximate surface area is 106 Å². The Morgan fingerprint density at radius 1 is 1.22 bits per heavy atom. The molecular formula is C14H15N3O. The van der Waals surface area contributed by atoms with Crippen LogP contribution >= 0.6 is 0 Å². The second-order valence-corrected chi connectivity index (χ2v) is 4.13. The first-order valence-electron chi connectivity index (χ1n) is 5.67. The lowest BCUT2D eigenvalue weighted by atomic mass is 10.1. The van der Waals surface area contributed by atoms with Crippen LogP contribution in [-0.2, 0) is 0 Å². The van der Waals surface area contributed by atoms with Crippen LogP contribution < -0.4 is 11.1 Å².